The summed E-state index contributed by atoms with van der Waals surface area (Å²) in [5, 5.41) is 5.88. The number of anilines is 2. The summed E-state index contributed by atoms with van der Waals surface area (Å²) < 4.78 is 5.85. The molecule has 6 heteroatoms. The van der Waals surface area contributed by atoms with Crippen LogP contribution in [0.1, 0.15) is 19.3 Å². The number of carbonyl (C=O) groups excluding carboxylic acids is 2. The third-order valence-corrected chi connectivity index (χ3v) is 5.51. The van der Waals surface area contributed by atoms with Crippen LogP contribution in [-0.2, 0) is 4.79 Å². The number of hydrogen-bond donors (Lipinski definition) is 2. The van der Waals surface area contributed by atoms with Crippen molar-refractivity contribution in [2.75, 3.05) is 23.3 Å². The van der Waals surface area contributed by atoms with Gasteiger partial charge < -0.3 is 15.4 Å². The number of nitrogens with zero attached hydrogens (tertiary/aromatic N) is 1. The second-order valence-corrected chi connectivity index (χ2v) is 7.78. The Balaban J connectivity index is 1.44. The first-order chi connectivity index (χ1) is 15.7. The highest BCUT2D eigenvalue weighted by Gasteiger charge is 2.25. The highest BCUT2D eigenvalue weighted by Crippen LogP contribution is 2.27. The van der Waals surface area contributed by atoms with Crippen molar-refractivity contribution in [3.8, 4) is 11.5 Å². The molecule has 3 aromatic rings. The predicted octanol–water partition coefficient (Wildman–Crippen LogP) is 5.43. The average molecular weight is 430 g/mol. The largest absolute Gasteiger partial charge is 0.457 e. The molecule has 4 rings (SSSR count). The lowest BCUT2D eigenvalue weighted by Gasteiger charge is -2.26. The molecule has 3 amide bonds. The van der Waals surface area contributed by atoms with Crippen LogP contribution in [0.25, 0.3) is 0 Å². The van der Waals surface area contributed by atoms with Crippen molar-refractivity contribution in [2.45, 2.75) is 19.3 Å². The van der Waals surface area contributed by atoms with Crippen LogP contribution in [-0.4, -0.2) is 25.0 Å². The molecule has 0 spiro atoms. The van der Waals surface area contributed by atoms with E-state index < -0.39 is 0 Å². The number of urea groups is 1. The maximum Gasteiger partial charge on any atom is 0.326 e. The van der Waals surface area contributed by atoms with Crippen LogP contribution in [0.4, 0.5) is 16.2 Å². The van der Waals surface area contributed by atoms with E-state index in [2.05, 4.69) is 10.6 Å². The topological polar surface area (TPSA) is 70.7 Å². The second-order valence-electron chi connectivity index (χ2n) is 7.78. The Morgan fingerprint density at radius 1 is 0.844 bits per heavy atom. The summed E-state index contributed by atoms with van der Waals surface area (Å²) in [6, 6.07) is 25.9. The average Bonchev–Trinajstić information content (AvgIpc) is 2.78. The third-order valence-electron chi connectivity index (χ3n) is 5.51. The summed E-state index contributed by atoms with van der Waals surface area (Å²) in [6.45, 7) is 0.746. The van der Waals surface area contributed by atoms with Crippen molar-refractivity contribution in [3.63, 3.8) is 0 Å². The highest BCUT2D eigenvalue weighted by atomic mass is 16.5. The van der Waals surface area contributed by atoms with Gasteiger partial charge in [-0.2, -0.15) is 0 Å². The quantitative estimate of drug-likeness (QED) is 0.501. The molecule has 1 aliphatic carbocycles. The summed E-state index contributed by atoms with van der Waals surface area (Å²) in [7, 11) is 0. The zero-order chi connectivity index (χ0) is 22.2. The normalized spacial score (nSPS) is 13.0. The van der Waals surface area contributed by atoms with Gasteiger partial charge in [0.15, 0.2) is 0 Å². The van der Waals surface area contributed by atoms with E-state index in [-0.39, 0.29) is 17.9 Å². The van der Waals surface area contributed by atoms with Gasteiger partial charge in [-0.3, -0.25) is 9.69 Å². The van der Waals surface area contributed by atoms with E-state index in [1.165, 1.54) is 0 Å². The predicted molar refractivity (Wildman–Crippen MR) is 126 cm³/mol. The number of rotatable bonds is 8. The molecule has 0 aliphatic heterocycles. The molecule has 0 atom stereocenters. The lowest BCUT2D eigenvalue weighted by atomic mass is 9.85. The van der Waals surface area contributed by atoms with E-state index in [1.54, 1.807) is 4.90 Å². The molecule has 1 aliphatic rings. The lowest BCUT2D eigenvalue weighted by Crippen LogP contribution is -2.43. The van der Waals surface area contributed by atoms with Crippen molar-refractivity contribution in [1.82, 2.24) is 5.32 Å². The van der Waals surface area contributed by atoms with Crippen molar-refractivity contribution in [1.29, 1.82) is 0 Å². The van der Waals surface area contributed by atoms with Gasteiger partial charge >= 0.3 is 6.03 Å². The maximum atomic E-state index is 13.0. The number of carbonyl (C=O) groups is 2. The van der Waals surface area contributed by atoms with Crippen molar-refractivity contribution >= 4 is 23.3 Å². The van der Waals surface area contributed by atoms with Gasteiger partial charge in [-0.05, 0) is 61.4 Å². The highest BCUT2D eigenvalue weighted by molar-refractivity contribution is 6.01. The van der Waals surface area contributed by atoms with Gasteiger partial charge in [0.25, 0.3) is 0 Å². The smallest absolute Gasteiger partial charge is 0.326 e. The summed E-state index contributed by atoms with van der Waals surface area (Å²) in [5.41, 5.74) is 1.43. The van der Waals surface area contributed by atoms with Gasteiger partial charge in [-0.25, -0.2) is 4.79 Å². The van der Waals surface area contributed by atoms with Crippen LogP contribution >= 0.6 is 0 Å². The molecule has 0 heterocycles. The monoisotopic (exact) mass is 429 g/mol. The molecular weight excluding hydrogens is 402 g/mol. The minimum atomic E-state index is -0.258. The van der Waals surface area contributed by atoms with Gasteiger partial charge in [-0.1, -0.05) is 42.8 Å². The first kappa shape index (κ1) is 21.4. The number of hydrogen-bond acceptors (Lipinski definition) is 3. The number of nitrogens with one attached hydrogen (secondary N) is 2. The van der Waals surface area contributed by atoms with E-state index in [4.69, 9.17) is 4.74 Å². The summed E-state index contributed by atoms with van der Waals surface area (Å²) >= 11 is 0. The third kappa shape index (κ3) is 5.66. The minimum Gasteiger partial charge on any atom is -0.457 e. The molecule has 164 valence electrons. The van der Waals surface area contributed by atoms with Gasteiger partial charge in [0, 0.05) is 30.4 Å². The van der Waals surface area contributed by atoms with Crippen molar-refractivity contribution < 1.29 is 14.3 Å². The summed E-state index contributed by atoms with van der Waals surface area (Å²) in [6.07, 6.45) is 3.01. The Labute approximate surface area is 188 Å². The van der Waals surface area contributed by atoms with Gasteiger partial charge in [-0.15, -0.1) is 0 Å². The van der Waals surface area contributed by atoms with Gasteiger partial charge in [0.1, 0.15) is 11.5 Å². The number of ether oxygens (including phenoxy) is 1. The first-order valence-corrected chi connectivity index (χ1v) is 10.9. The molecule has 0 aromatic heterocycles. The molecule has 0 unspecified atom stereocenters. The fourth-order valence-corrected chi connectivity index (χ4v) is 3.48. The lowest BCUT2D eigenvalue weighted by molar-refractivity contribution is -0.127. The van der Waals surface area contributed by atoms with Crippen LogP contribution < -0.4 is 20.3 Å². The SMILES string of the molecule is O=C(NCCN(C(=O)Nc1ccccc1)c1ccc(Oc2ccccc2)cc1)C1CCC1. The number of benzene rings is 3. The second kappa shape index (κ2) is 10.5. The molecule has 0 bridgehead atoms. The van der Waals surface area contributed by atoms with Gasteiger partial charge in [0.05, 0.1) is 0 Å². The fourth-order valence-electron chi connectivity index (χ4n) is 3.48. The number of amides is 3. The molecule has 3 aromatic carbocycles. The fraction of sp³-hybridized carbons (Fsp3) is 0.231. The molecule has 0 radical (unpaired) electrons. The van der Waals surface area contributed by atoms with E-state index in [9.17, 15) is 9.59 Å². The molecule has 6 nitrogen and oxygen atoms in total. The standard InChI is InChI=1S/C26H27N3O3/c30-25(20-8-7-9-20)27-18-19-29(26(31)28-21-10-3-1-4-11-21)22-14-16-24(17-15-22)32-23-12-5-2-6-13-23/h1-6,10-17,20H,7-9,18-19H2,(H,27,30)(H,28,31). The van der Waals surface area contributed by atoms with Crippen LogP contribution in [0.3, 0.4) is 0 Å². The van der Waals surface area contributed by atoms with Gasteiger partial charge in [0.2, 0.25) is 5.91 Å². The van der Waals surface area contributed by atoms with Crippen molar-refractivity contribution in [2.24, 2.45) is 5.92 Å². The Bertz CT molecular complexity index is 1020. The van der Waals surface area contributed by atoms with Crippen molar-refractivity contribution in [3.05, 3.63) is 84.9 Å². The van der Waals surface area contributed by atoms with E-state index in [1.807, 2.05) is 84.9 Å². The Morgan fingerprint density at radius 3 is 2.09 bits per heavy atom. The molecule has 1 fully saturated rings. The summed E-state index contributed by atoms with van der Waals surface area (Å²) in [4.78, 5) is 26.8. The maximum absolute atomic E-state index is 13.0. The van der Waals surface area contributed by atoms with E-state index in [0.717, 1.165) is 30.7 Å². The molecule has 0 saturated heterocycles. The number of para-hydroxylation sites is 2. The zero-order valence-corrected chi connectivity index (χ0v) is 17.9. The Kier molecular flexibility index (Phi) is 7.02. The van der Waals surface area contributed by atoms with Crippen LogP contribution in [0.15, 0.2) is 84.9 Å². The molecule has 1 saturated carbocycles. The molecule has 32 heavy (non-hydrogen) atoms. The van der Waals surface area contributed by atoms with Crippen LogP contribution in [0.5, 0.6) is 11.5 Å². The Hall–Kier alpha value is -3.80. The van der Waals surface area contributed by atoms with E-state index >= 15 is 0 Å². The van der Waals surface area contributed by atoms with Crippen LogP contribution in [0.2, 0.25) is 0 Å². The Morgan fingerprint density at radius 2 is 1.47 bits per heavy atom. The minimum absolute atomic E-state index is 0.0753. The molecular formula is C26H27N3O3. The van der Waals surface area contributed by atoms with Crippen LogP contribution in [0, 0.1) is 5.92 Å². The molecule has 2 N–H and O–H groups in total. The zero-order valence-electron chi connectivity index (χ0n) is 17.9. The van der Waals surface area contributed by atoms with E-state index in [0.29, 0.717) is 24.5 Å². The first-order valence-electron chi connectivity index (χ1n) is 10.9. The summed E-state index contributed by atoms with van der Waals surface area (Å²) in [5.74, 6) is 1.63.